The SMILES string of the molecule is CCc1cccc(CC)c1-n1c(C2CC2)c(C(=O)N2CCCCC2)cc(-c2nc(-c3ccc(Cl)cc3)cs2)c1=O. The highest BCUT2D eigenvalue weighted by Gasteiger charge is 2.36. The van der Waals surface area contributed by atoms with Crippen LogP contribution in [-0.4, -0.2) is 33.4 Å². The van der Waals surface area contributed by atoms with E-state index in [1.54, 1.807) is 0 Å². The van der Waals surface area contributed by atoms with Gasteiger partial charge in [-0.1, -0.05) is 55.8 Å². The highest BCUT2D eigenvalue weighted by atomic mass is 35.5. The maximum absolute atomic E-state index is 14.6. The minimum absolute atomic E-state index is 0.0399. The standard InChI is InChI=1S/C33H34ClN3O2S/c1-3-21-9-8-10-22(4-2)29(21)37-30(24-11-12-24)26(32(38)36-17-6-5-7-18-36)19-27(33(37)39)31-35-28(20-40-31)23-13-15-25(34)16-14-23/h8-10,13-16,19-20,24H,3-7,11-12,17-18H2,1-2H3. The lowest BCUT2D eigenvalue weighted by Gasteiger charge is -2.29. The lowest BCUT2D eigenvalue weighted by Crippen LogP contribution is -2.38. The van der Waals surface area contributed by atoms with Crippen LogP contribution in [0.15, 0.2) is 58.7 Å². The molecule has 2 aliphatic rings. The highest BCUT2D eigenvalue weighted by molar-refractivity contribution is 7.13. The van der Waals surface area contributed by atoms with Gasteiger partial charge in [-0.15, -0.1) is 11.3 Å². The second-order valence-corrected chi connectivity index (χ2v) is 12.1. The van der Waals surface area contributed by atoms with Gasteiger partial charge in [-0.2, -0.15) is 0 Å². The van der Waals surface area contributed by atoms with Gasteiger partial charge in [-0.25, -0.2) is 4.98 Å². The van der Waals surface area contributed by atoms with Gasteiger partial charge in [0.2, 0.25) is 0 Å². The van der Waals surface area contributed by atoms with Crippen LogP contribution >= 0.6 is 22.9 Å². The number of pyridine rings is 1. The summed E-state index contributed by atoms with van der Waals surface area (Å²) in [4.78, 5) is 35.7. The van der Waals surface area contributed by atoms with Gasteiger partial charge >= 0.3 is 0 Å². The average molecular weight is 572 g/mol. The summed E-state index contributed by atoms with van der Waals surface area (Å²) in [5, 5.41) is 3.27. The number of carbonyl (C=O) groups excluding carboxylic acids is 1. The molecule has 1 saturated heterocycles. The van der Waals surface area contributed by atoms with Gasteiger partial charge in [0.25, 0.3) is 11.5 Å². The number of para-hydroxylation sites is 1. The molecule has 1 saturated carbocycles. The van der Waals surface area contributed by atoms with Crippen molar-refractivity contribution in [1.82, 2.24) is 14.5 Å². The molecule has 40 heavy (non-hydrogen) atoms. The van der Waals surface area contributed by atoms with Crippen molar-refractivity contribution in [2.75, 3.05) is 13.1 Å². The number of rotatable bonds is 7. The summed E-state index contributed by atoms with van der Waals surface area (Å²) in [7, 11) is 0. The molecule has 2 aromatic carbocycles. The molecule has 1 amide bonds. The summed E-state index contributed by atoms with van der Waals surface area (Å²) in [5.41, 5.74) is 6.87. The van der Waals surface area contributed by atoms with Crippen molar-refractivity contribution in [1.29, 1.82) is 0 Å². The topological polar surface area (TPSA) is 55.2 Å². The molecule has 1 aliphatic heterocycles. The number of amides is 1. The lowest BCUT2D eigenvalue weighted by atomic mass is 9.98. The van der Waals surface area contributed by atoms with Crippen LogP contribution in [0.3, 0.4) is 0 Å². The molecule has 0 N–H and O–H groups in total. The predicted octanol–water partition coefficient (Wildman–Crippen LogP) is 7.91. The molecule has 2 aromatic heterocycles. The molecule has 3 heterocycles. The zero-order valence-electron chi connectivity index (χ0n) is 23.1. The second kappa shape index (κ2) is 11.3. The summed E-state index contributed by atoms with van der Waals surface area (Å²) in [6.07, 6.45) is 6.79. The quantitative estimate of drug-likeness (QED) is 0.226. The Labute approximate surface area is 244 Å². The number of nitrogens with zero attached hydrogens (tertiary/aromatic N) is 3. The third kappa shape index (κ3) is 5.04. The Hall–Kier alpha value is -3.22. The summed E-state index contributed by atoms with van der Waals surface area (Å²) in [6.45, 7) is 5.79. The van der Waals surface area contributed by atoms with Crippen molar-refractivity contribution in [3.8, 4) is 27.5 Å². The Balaban J connectivity index is 1.60. The zero-order chi connectivity index (χ0) is 27.8. The second-order valence-electron chi connectivity index (χ2n) is 10.8. The Morgan fingerprint density at radius 2 is 1.68 bits per heavy atom. The Morgan fingerprint density at radius 3 is 2.30 bits per heavy atom. The molecule has 7 heteroatoms. The van der Waals surface area contributed by atoms with Crippen LogP contribution < -0.4 is 5.56 Å². The van der Waals surface area contributed by atoms with Crippen LogP contribution in [0.5, 0.6) is 0 Å². The Bertz CT molecular complexity index is 1590. The number of thiazole rings is 1. The first-order valence-electron chi connectivity index (χ1n) is 14.4. The molecule has 0 bridgehead atoms. The number of halogens is 1. The fourth-order valence-electron chi connectivity index (χ4n) is 5.86. The van der Waals surface area contributed by atoms with Gasteiger partial charge in [0.05, 0.1) is 22.5 Å². The smallest absolute Gasteiger partial charge is 0.265 e. The van der Waals surface area contributed by atoms with E-state index in [0.717, 1.165) is 91.8 Å². The van der Waals surface area contributed by atoms with E-state index < -0.39 is 0 Å². The van der Waals surface area contributed by atoms with E-state index >= 15 is 0 Å². The fourth-order valence-corrected chi connectivity index (χ4v) is 6.82. The average Bonchev–Trinajstić information content (AvgIpc) is 3.72. The van der Waals surface area contributed by atoms with Crippen LogP contribution in [0.4, 0.5) is 0 Å². The predicted molar refractivity (Wildman–Crippen MR) is 164 cm³/mol. The van der Waals surface area contributed by atoms with Crippen molar-refractivity contribution < 1.29 is 4.79 Å². The molecule has 6 rings (SSSR count). The van der Waals surface area contributed by atoms with Crippen LogP contribution in [0.2, 0.25) is 5.02 Å². The van der Waals surface area contributed by atoms with Crippen LogP contribution in [0.1, 0.15) is 79.0 Å². The van der Waals surface area contributed by atoms with E-state index in [1.165, 1.54) is 11.3 Å². The summed E-state index contributed by atoms with van der Waals surface area (Å²) in [6, 6.07) is 15.7. The van der Waals surface area contributed by atoms with E-state index in [-0.39, 0.29) is 17.4 Å². The molecule has 0 unspecified atom stereocenters. The van der Waals surface area contributed by atoms with Gasteiger partial charge < -0.3 is 4.90 Å². The number of carbonyl (C=O) groups is 1. The first kappa shape index (κ1) is 27.0. The maximum Gasteiger partial charge on any atom is 0.265 e. The van der Waals surface area contributed by atoms with Gasteiger partial charge in [-0.3, -0.25) is 14.2 Å². The molecule has 0 atom stereocenters. The fraction of sp³-hybridized carbons (Fsp3) is 0.364. The van der Waals surface area contributed by atoms with Crippen molar-refractivity contribution in [2.24, 2.45) is 0 Å². The monoisotopic (exact) mass is 571 g/mol. The van der Waals surface area contributed by atoms with Crippen molar-refractivity contribution in [3.63, 3.8) is 0 Å². The molecule has 0 radical (unpaired) electrons. The third-order valence-electron chi connectivity index (χ3n) is 8.14. The minimum Gasteiger partial charge on any atom is -0.339 e. The third-order valence-corrected chi connectivity index (χ3v) is 9.27. The van der Waals surface area contributed by atoms with Crippen LogP contribution in [-0.2, 0) is 12.8 Å². The van der Waals surface area contributed by atoms with Gasteiger partial charge in [0, 0.05) is 40.7 Å². The highest BCUT2D eigenvalue weighted by Crippen LogP contribution is 2.44. The normalized spacial score (nSPS) is 15.4. The van der Waals surface area contributed by atoms with Crippen LogP contribution in [0.25, 0.3) is 27.5 Å². The number of piperidine rings is 1. The first-order chi connectivity index (χ1) is 19.5. The lowest BCUT2D eigenvalue weighted by molar-refractivity contribution is 0.0722. The number of benzene rings is 2. The Kier molecular flexibility index (Phi) is 7.65. The number of aromatic nitrogens is 2. The largest absolute Gasteiger partial charge is 0.339 e. The zero-order valence-corrected chi connectivity index (χ0v) is 24.7. The van der Waals surface area contributed by atoms with Crippen molar-refractivity contribution in [3.05, 3.63) is 91.7 Å². The van der Waals surface area contributed by atoms with E-state index in [2.05, 4.69) is 32.0 Å². The summed E-state index contributed by atoms with van der Waals surface area (Å²) >= 11 is 7.55. The number of likely N-dealkylation sites (tertiary alicyclic amines) is 1. The minimum atomic E-state index is -0.0929. The van der Waals surface area contributed by atoms with Crippen molar-refractivity contribution >= 4 is 28.8 Å². The molecule has 4 aromatic rings. The molecule has 206 valence electrons. The van der Waals surface area contributed by atoms with E-state index in [0.29, 0.717) is 21.2 Å². The molecular weight excluding hydrogens is 538 g/mol. The summed E-state index contributed by atoms with van der Waals surface area (Å²) in [5.74, 6) is 0.249. The summed E-state index contributed by atoms with van der Waals surface area (Å²) < 4.78 is 1.91. The van der Waals surface area contributed by atoms with E-state index in [1.807, 2.05) is 45.2 Å². The molecule has 2 fully saturated rings. The number of aryl methyl sites for hydroxylation is 2. The van der Waals surface area contributed by atoms with E-state index in [4.69, 9.17) is 16.6 Å². The molecular formula is C33H34ClN3O2S. The number of hydrogen-bond acceptors (Lipinski definition) is 4. The molecule has 5 nitrogen and oxygen atoms in total. The van der Waals surface area contributed by atoms with E-state index in [9.17, 15) is 9.59 Å². The molecule has 1 aliphatic carbocycles. The van der Waals surface area contributed by atoms with Crippen molar-refractivity contribution in [2.45, 2.75) is 64.7 Å². The van der Waals surface area contributed by atoms with Crippen LogP contribution in [0, 0.1) is 0 Å². The Morgan fingerprint density at radius 1 is 1.00 bits per heavy atom. The first-order valence-corrected chi connectivity index (χ1v) is 15.7. The molecule has 0 spiro atoms. The maximum atomic E-state index is 14.6. The van der Waals surface area contributed by atoms with Gasteiger partial charge in [0.1, 0.15) is 5.01 Å². The number of hydrogen-bond donors (Lipinski definition) is 0. The van der Waals surface area contributed by atoms with Gasteiger partial charge in [0.15, 0.2) is 0 Å². The van der Waals surface area contributed by atoms with Gasteiger partial charge in [-0.05, 0) is 74.3 Å².